The summed E-state index contributed by atoms with van der Waals surface area (Å²) >= 11 is 0. The van der Waals surface area contributed by atoms with E-state index in [0.29, 0.717) is 22.5 Å². The molecule has 138 valence electrons. The molecular weight excluding hydrogens is 338 g/mol. The van der Waals surface area contributed by atoms with Crippen LogP contribution in [-0.2, 0) is 9.47 Å². The SMILES string of the molecule is CNC(=O)Nc1ccccc1C(=O)OC.COC(=O)c1ccccc1N. The summed E-state index contributed by atoms with van der Waals surface area (Å²) in [4.78, 5) is 33.3. The van der Waals surface area contributed by atoms with Gasteiger partial charge in [-0.05, 0) is 24.3 Å². The number of nitrogens with one attached hydrogen (secondary N) is 2. The van der Waals surface area contributed by atoms with E-state index in [2.05, 4.69) is 20.1 Å². The van der Waals surface area contributed by atoms with Crippen molar-refractivity contribution < 1.29 is 23.9 Å². The van der Waals surface area contributed by atoms with Crippen molar-refractivity contribution in [3.8, 4) is 0 Å². The molecule has 0 bridgehead atoms. The van der Waals surface area contributed by atoms with E-state index >= 15 is 0 Å². The molecule has 0 aliphatic rings. The predicted octanol–water partition coefficient (Wildman–Crippen LogP) is 2.28. The second-order valence-corrected chi connectivity index (χ2v) is 4.82. The van der Waals surface area contributed by atoms with E-state index in [1.165, 1.54) is 21.3 Å². The van der Waals surface area contributed by atoms with Crippen molar-refractivity contribution in [3.63, 3.8) is 0 Å². The van der Waals surface area contributed by atoms with Crippen molar-refractivity contribution in [1.82, 2.24) is 5.32 Å². The average molecular weight is 359 g/mol. The molecule has 0 heterocycles. The number of carbonyl (C=O) groups excluding carboxylic acids is 3. The smallest absolute Gasteiger partial charge is 0.339 e. The molecule has 8 heteroatoms. The van der Waals surface area contributed by atoms with Crippen LogP contribution in [0.5, 0.6) is 0 Å². The lowest BCUT2D eigenvalue weighted by Crippen LogP contribution is -2.25. The van der Waals surface area contributed by atoms with Crippen molar-refractivity contribution >= 4 is 29.3 Å². The minimum absolute atomic E-state index is 0.323. The van der Waals surface area contributed by atoms with E-state index in [9.17, 15) is 14.4 Å². The molecule has 4 N–H and O–H groups in total. The lowest BCUT2D eigenvalue weighted by molar-refractivity contribution is 0.0593. The highest BCUT2D eigenvalue weighted by atomic mass is 16.5. The van der Waals surface area contributed by atoms with E-state index in [4.69, 9.17) is 5.73 Å². The summed E-state index contributed by atoms with van der Waals surface area (Å²) in [5.74, 6) is -0.884. The molecule has 0 saturated carbocycles. The van der Waals surface area contributed by atoms with E-state index in [1.54, 1.807) is 48.5 Å². The molecule has 0 atom stereocenters. The highest BCUT2D eigenvalue weighted by molar-refractivity contribution is 6.00. The Balaban J connectivity index is 0.000000273. The summed E-state index contributed by atoms with van der Waals surface area (Å²) < 4.78 is 9.08. The van der Waals surface area contributed by atoms with Gasteiger partial charge in [-0.25, -0.2) is 14.4 Å². The Morgan fingerprint density at radius 3 is 1.88 bits per heavy atom. The standard InChI is InChI=1S/C10H12N2O3.C8H9NO2/c1-11-10(14)12-8-6-4-3-5-7(8)9(13)15-2;1-11-8(10)6-4-2-3-5-7(6)9/h3-6H,1-2H3,(H2,11,12,14);2-5H,9H2,1H3. The van der Waals surface area contributed by atoms with Crippen LogP contribution in [0.15, 0.2) is 48.5 Å². The number of nitrogens with two attached hydrogens (primary N) is 1. The van der Waals surface area contributed by atoms with Crippen LogP contribution in [0.2, 0.25) is 0 Å². The van der Waals surface area contributed by atoms with Crippen molar-refractivity contribution in [2.24, 2.45) is 0 Å². The first-order valence-corrected chi connectivity index (χ1v) is 7.53. The maximum Gasteiger partial charge on any atom is 0.339 e. The first-order valence-electron chi connectivity index (χ1n) is 7.53. The van der Waals surface area contributed by atoms with Gasteiger partial charge in [-0.2, -0.15) is 0 Å². The fraction of sp³-hybridized carbons (Fsp3) is 0.167. The summed E-state index contributed by atoms with van der Waals surface area (Å²) in [7, 11) is 4.11. The first kappa shape index (κ1) is 20.5. The third kappa shape index (κ3) is 5.82. The molecule has 2 rings (SSSR count). The maximum absolute atomic E-state index is 11.3. The molecule has 0 aliphatic carbocycles. The van der Waals surface area contributed by atoms with E-state index in [0.717, 1.165) is 0 Å². The molecule has 0 spiro atoms. The molecular formula is C18H21N3O5. The third-order valence-electron chi connectivity index (χ3n) is 3.17. The molecule has 0 radical (unpaired) electrons. The van der Waals surface area contributed by atoms with E-state index in [-0.39, 0.29) is 6.03 Å². The van der Waals surface area contributed by atoms with Gasteiger partial charge in [-0.15, -0.1) is 0 Å². The third-order valence-corrected chi connectivity index (χ3v) is 3.17. The molecule has 0 saturated heterocycles. The monoisotopic (exact) mass is 359 g/mol. The second kappa shape index (κ2) is 10.3. The number of esters is 2. The zero-order valence-electron chi connectivity index (χ0n) is 14.7. The van der Waals surface area contributed by atoms with Crippen LogP contribution in [0.4, 0.5) is 16.2 Å². The lowest BCUT2D eigenvalue weighted by Gasteiger charge is -2.08. The van der Waals surface area contributed by atoms with Crippen molar-refractivity contribution in [2.45, 2.75) is 0 Å². The first-order chi connectivity index (χ1) is 12.4. The Hall–Kier alpha value is -3.55. The summed E-state index contributed by atoms with van der Waals surface area (Å²) in [6, 6.07) is 13.0. The normalized spacial score (nSPS) is 9.19. The minimum atomic E-state index is -0.484. The fourth-order valence-electron chi connectivity index (χ4n) is 1.86. The summed E-state index contributed by atoms with van der Waals surface area (Å²) in [5, 5.41) is 4.92. The van der Waals surface area contributed by atoms with Gasteiger partial charge in [-0.3, -0.25) is 0 Å². The Bertz CT molecular complexity index is 777. The quantitative estimate of drug-likeness (QED) is 0.571. The van der Waals surface area contributed by atoms with Crippen LogP contribution in [0.25, 0.3) is 0 Å². The number of para-hydroxylation sites is 2. The number of nitrogen functional groups attached to an aromatic ring is 1. The summed E-state index contributed by atoms with van der Waals surface area (Å²) in [6.07, 6.45) is 0. The molecule has 8 nitrogen and oxygen atoms in total. The molecule has 0 fully saturated rings. The van der Waals surface area contributed by atoms with Gasteiger partial charge in [-0.1, -0.05) is 24.3 Å². The molecule has 0 unspecified atom stereocenters. The predicted molar refractivity (Wildman–Crippen MR) is 98.1 cm³/mol. The fourth-order valence-corrected chi connectivity index (χ4v) is 1.86. The Labute approximate surface area is 151 Å². The van der Waals surface area contributed by atoms with Crippen LogP contribution in [-0.4, -0.2) is 39.2 Å². The number of methoxy groups -OCH3 is 2. The number of urea groups is 1. The zero-order valence-corrected chi connectivity index (χ0v) is 14.7. The molecule has 26 heavy (non-hydrogen) atoms. The van der Waals surface area contributed by atoms with Gasteiger partial charge in [0, 0.05) is 12.7 Å². The maximum atomic E-state index is 11.3. The van der Waals surface area contributed by atoms with Gasteiger partial charge in [0.1, 0.15) is 0 Å². The lowest BCUT2D eigenvalue weighted by atomic mass is 10.2. The van der Waals surface area contributed by atoms with Crippen molar-refractivity contribution in [1.29, 1.82) is 0 Å². The summed E-state index contributed by atoms with van der Waals surface area (Å²) in [6.45, 7) is 0. The van der Waals surface area contributed by atoms with Crippen LogP contribution in [0, 0.1) is 0 Å². The number of amides is 2. The number of carbonyl (C=O) groups is 3. The van der Waals surface area contributed by atoms with Crippen LogP contribution in [0.1, 0.15) is 20.7 Å². The number of benzene rings is 2. The van der Waals surface area contributed by atoms with E-state index < -0.39 is 11.9 Å². The minimum Gasteiger partial charge on any atom is -0.465 e. The molecule has 2 aromatic rings. The number of hydrogen-bond acceptors (Lipinski definition) is 6. The van der Waals surface area contributed by atoms with Crippen molar-refractivity contribution in [3.05, 3.63) is 59.7 Å². The second-order valence-electron chi connectivity index (χ2n) is 4.82. The topological polar surface area (TPSA) is 120 Å². The molecule has 0 aromatic heterocycles. The number of rotatable bonds is 3. The van der Waals surface area contributed by atoms with Crippen LogP contribution >= 0.6 is 0 Å². The Kier molecular flexibility index (Phi) is 8.15. The van der Waals surface area contributed by atoms with Gasteiger partial charge in [0.2, 0.25) is 0 Å². The van der Waals surface area contributed by atoms with Crippen molar-refractivity contribution in [2.75, 3.05) is 32.3 Å². The van der Waals surface area contributed by atoms with Gasteiger partial charge in [0.15, 0.2) is 0 Å². The van der Waals surface area contributed by atoms with E-state index in [1.807, 2.05) is 0 Å². The van der Waals surface area contributed by atoms with Crippen LogP contribution < -0.4 is 16.4 Å². The molecule has 2 aromatic carbocycles. The zero-order chi connectivity index (χ0) is 19.5. The number of hydrogen-bond donors (Lipinski definition) is 3. The molecule has 2 amide bonds. The largest absolute Gasteiger partial charge is 0.465 e. The van der Waals surface area contributed by atoms with Gasteiger partial charge < -0.3 is 25.8 Å². The van der Waals surface area contributed by atoms with Crippen LogP contribution in [0.3, 0.4) is 0 Å². The highest BCUT2D eigenvalue weighted by Crippen LogP contribution is 2.15. The summed E-state index contributed by atoms with van der Waals surface area (Å²) in [5.41, 5.74) is 7.09. The Morgan fingerprint density at radius 1 is 0.846 bits per heavy atom. The highest BCUT2D eigenvalue weighted by Gasteiger charge is 2.12. The molecule has 0 aliphatic heterocycles. The number of anilines is 2. The van der Waals surface area contributed by atoms with Gasteiger partial charge >= 0.3 is 18.0 Å². The Morgan fingerprint density at radius 2 is 1.35 bits per heavy atom. The van der Waals surface area contributed by atoms with Gasteiger partial charge in [0.25, 0.3) is 0 Å². The van der Waals surface area contributed by atoms with Gasteiger partial charge in [0.05, 0.1) is 31.0 Å². The number of ether oxygens (including phenoxy) is 2. The average Bonchev–Trinajstić information content (AvgIpc) is 2.68.